The number of carboxylic acid groups (broad SMARTS) is 3. The van der Waals surface area contributed by atoms with Crippen LogP contribution in [0.3, 0.4) is 0 Å². The summed E-state index contributed by atoms with van der Waals surface area (Å²) in [7, 11) is 0. The van der Waals surface area contributed by atoms with Crippen LogP contribution in [0.15, 0.2) is 54.6 Å². The van der Waals surface area contributed by atoms with Crippen LogP contribution in [0.1, 0.15) is 41.8 Å². The van der Waals surface area contributed by atoms with Gasteiger partial charge < -0.3 is 25.0 Å². The molecule has 0 amide bonds. The predicted molar refractivity (Wildman–Crippen MR) is 147 cm³/mol. The lowest BCUT2D eigenvalue weighted by Gasteiger charge is -2.23. The number of fused-ring (bicyclic) bond motifs is 1. The third-order valence-electron chi connectivity index (χ3n) is 6.33. The molecule has 0 radical (unpaired) electrons. The zero-order valence-corrected chi connectivity index (χ0v) is 23.1. The van der Waals surface area contributed by atoms with Crippen LogP contribution < -0.4 is 0 Å². The molecule has 214 valence electrons. The number of hydrogen-bond acceptors (Lipinski definition) is 8. The Bertz CT molecular complexity index is 1410. The summed E-state index contributed by atoms with van der Waals surface area (Å²) in [6.45, 7) is 8.19. The highest BCUT2D eigenvalue weighted by Crippen LogP contribution is 2.20. The number of carbonyl (C=O) groups is 3. The summed E-state index contributed by atoms with van der Waals surface area (Å²) in [4.78, 5) is 43.0. The summed E-state index contributed by atoms with van der Waals surface area (Å²) in [5.74, 6) is -5.02. The number of benzene rings is 1. The van der Waals surface area contributed by atoms with Crippen molar-refractivity contribution in [2.75, 3.05) is 6.54 Å². The zero-order valence-electron chi connectivity index (χ0n) is 22.3. The van der Waals surface area contributed by atoms with Gasteiger partial charge in [0.15, 0.2) is 10.6 Å². The average molecular weight is 572 g/mol. The Morgan fingerprint density at radius 1 is 1.02 bits per heavy atom. The number of aliphatic carboxylic acids is 3. The van der Waals surface area contributed by atoms with Crippen molar-refractivity contribution in [2.24, 2.45) is 0 Å². The number of aryl methyl sites for hydroxylation is 3. The molecule has 0 bridgehead atoms. The van der Waals surface area contributed by atoms with Gasteiger partial charge in [-0.2, -0.15) is 0 Å². The van der Waals surface area contributed by atoms with Crippen molar-refractivity contribution in [1.82, 2.24) is 23.8 Å². The normalized spacial score (nSPS) is 11.4. The van der Waals surface area contributed by atoms with Crippen LogP contribution in [0.4, 0.5) is 0 Å². The van der Waals surface area contributed by atoms with Crippen LogP contribution in [0.2, 0.25) is 0 Å². The summed E-state index contributed by atoms with van der Waals surface area (Å²) in [6, 6.07) is 8.67. The number of thiazole rings is 1. The van der Waals surface area contributed by atoms with E-state index in [4.69, 9.17) is 25.4 Å². The van der Waals surface area contributed by atoms with Crippen molar-refractivity contribution < 1.29 is 34.8 Å². The van der Waals surface area contributed by atoms with Gasteiger partial charge in [0, 0.05) is 50.1 Å². The number of aliphatic hydroxyl groups is 1. The lowest BCUT2D eigenvalue weighted by atomic mass is 9.96. The monoisotopic (exact) mass is 571 g/mol. The largest absolute Gasteiger partial charge is 0.481 e. The Hall–Kier alpha value is -4.07. The Morgan fingerprint density at radius 3 is 2.33 bits per heavy atom. The lowest BCUT2D eigenvalue weighted by molar-refractivity contribution is -0.170. The number of imidazole rings is 2. The van der Waals surface area contributed by atoms with Gasteiger partial charge in [-0.05, 0) is 31.4 Å². The fourth-order valence-corrected chi connectivity index (χ4v) is 4.97. The molecule has 0 saturated carbocycles. The molecular formula is C27H33N5O7S. The van der Waals surface area contributed by atoms with Gasteiger partial charge in [-0.3, -0.25) is 18.9 Å². The molecule has 1 aromatic carbocycles. The van der Waals surface area contributed by atoms with Crippen LogP contribution in [-0.4, -0.2) is 74.3 Å². The molecule has 4 aromatic rings. The highest BCUT2D eigenvalue weighted by molar-refractivity contribution is 7.15. The molecule has 13 heteroatoms. The molecule has 12 nitrogen and oxygen atoms in total. The standard InChI is InChI=1S/C21H25N5S.C6H8O7/c1-17-6-3-4-7-19(17)14-25(10-5-9-24-11-8-22-16-24)15-20-18(2)23-21-26(20)12-13-27-21;7-3(8)1-6(13,5(11)12)2-4(9)10/h3-4,6-8,11-13,16H,5,9-10,14-15H2,1-2H3;13H,1-2H2,(H,7,8)(H,9,10)(H,11,12). The molecule has 0 atom stereocenters. The van der Waals surface area contributed by atoms with Gasteiger partial charge in [0.05, 0.1) is 30.6 Å². The van der Waals surface area contributed by atoms with Crippen molar-refractivity contribution in [3.05, 3.63) is 77.1 Å². The van der Waals surface area contributed by atoms with E-state index in [0.29, 0.717) is 0 Å². The van der Waals surface area contributed by atoms with Crippen molar-refractivity contribution in [3.63, 3.8) is 0 Å². The molecular weight excluding hydrogens is 538 g/mol. The SMILES string of the molecule is Cc1ccccc1CN(CCCn1ccnc1)Cc1c(C)nc2sccn12.O=C(O)CC(O)(CC(=O)O)C(=O)O. The van der Waals surface area contributed by atoms with E-state index in [-0.39, 0.29) is 0 Å². The van der Waals surface area contributed by atoms with Gasteiger partial charge in [-0.1, -0.05) is 24.3 Å². The first-order valence-electron chi connectivity index (χ1n) is 12.5. The van der Waals surface area contributed by atoms with Gasteiger partial charge in [0.25, 0.3) is 0 Å². The summed E-state index contributed by atoms with van der Waals surface area (Å²) < 4.78 is 4.38. The maximum atomic E-state index is 10.3. The summed E-state index contributed by atoms with van der Waals surface area (Å²) in [5.41, 5.74) is 2.43. The van der Waals surface area contributed by atoms with Gasteiger partial charge in [-0.25, -0.2) is 14.8 Å². The highest BCUT2D eigenvalue weighted by atomic mass is 32.1. The molecule has 40 heavy (non-hydrogen) atoms. The van der Waals surface area contributed by atoms with Crippen LogP contribution in [0.5, 0.6) is 0 Å². The van der Waals surface area contributed by atoms with Crippen molar-refractivity contribution in [1.29, 1.82) is 0 Å². The van der Waals surface area contributed by atoms with E-state index in [1.807, 2.05) is 18.7 Å². The van der Waals surface area contributed by atoms with Gasteiger partial charge in [0.2, 0.25) is 0 Å². The van der Waals surface area contributed by atoms with E-state index in [1.54, 1.807) is 11.3 Å². The molecule has 0 unspecified atom stereocenters. The summed E-state index contributed by atoms with van der Waals surface area (Å²) in [6.07, 6.45) is 6.69. The minimum Gasteiger partial charge on any atom is -0.481 e. The van der Waals surface area contributed by atoms with E-state index >= 15 is 0 Å². The van der Waals surface area contributed by atoms with Gasteiger partial charge >= 0.3 is 17.9 Å². The number of hydrogen-bond donors (Lipinski definition) is 4. The van der Waals surface area contributed by atoms with E-state index in [9.17, 15) is 14.4 Å². The maximum Gasteiger partial charge on any atom is 0.336 e. The molecule has 0 spiro atoms. The lowest BCUT2D eigenvalue weighted by Crippen LogP contribution is -2.42. The van der Waals surface area contributed by atoms with E-state index in [0.717, 1.165) is 43.3 Å². The Balaban J connectivity index is 0.000000289. The molecule has 0 aliphatic carbocycles. The van der Waals surface area contributed by atoms with E-state index < -0.39 is 36.4 Å². The topological polar surface area (TPSA) is 170 Å². The molecule has 0 aliphatic heterocycles. The molecule has 0 fully saturated rings. The second-order valence-electron chi connectivity index (χ2n) is 9.47. The Labute approximate surface area is 234 Å². The molecule has 3 aromatic heterocycles. The molecule has 3 heterocycles. The minimum absolute atomic E-state index is 0.905. The number of aromatic nitrogens is 4. The minimum atomic E-state index is -2.74. The zero-order chi connectivity index (χ0) is 29.3. The third kappa shape index (κ3) is 8.46. The van der Waals surface area contributed by atoms with Crippen LogP contribution in [-0.2, 0) is 34.0 Å². The molecule has 4 rings (SSSR count). The van der Waals surface area contributed by atoms with Crippen LogP contribution >= 0.6 is 11.3 Å². The average Bonchev–Trinajstić information content (AvgIpc) is 3.60. The summed E-state index contributed by atoms with van der Waals surface area (Å²) >= 11 is 1.70. The quantitative estimate of drug-likeness (QED) is 0.187. The van der Waals surface area contributed by atoms with Gasteiger partial charge in [0.1, 0.15) is 0 Å². The second kappa shape index (κ2) is 13.8. The second-order valence-corrected chi connectivity index (χ2v) is 10.3. The maximum absolute atomic E-state index is 10.3. The van der Waals surface area contributed by atoms with E-state index in [2.05, 4.69) is 68.5 Å². The predicted octanol–water partition coefficient (Wildman–Crippen LogP) is 3.05. The number of nitrogens with zero attached hydrogens (tertiary/aromatic N) is 5. The Kier molecular flexibility index (Phi) is 10.5. The molecule has 0 saturated heterocycles. The highest BCUT2D eigenvalue weighted by Gasteiger charge is 2.40. The van der Waals surface area contributed by atoms with Crippen molar-refractivity contribution in [2.45, 2.75) is 58.3 Å². The smallest absolute Gasteiger partial charge is 0.336 e. The number of rotatable bonds is 13. The van der Waals surface area contributed by atoms with Crippen LogP contribution in [0.25, 0.3) is 4.96 Å². The van der Waals surface area contributed by atoms with Gasteiger partial charge in [-0.15, -0.1) is 11.3 Å². The number of carboxylic acids is 3. The van der Waals surface area contributed by atoms with E-state index in [1.165, 1.54) is 16.8 Å². The Morgan fingerprint density at radius 2 is 1.73 bits per heavy atom. The first-order chi connectivity index (χ1) is 19.0. The molecule has 4 N–H and O–H groups in total. The van der Waals surface area contributed by atoms with Crippen molar-refractivity contribution >= 4 is 34.2 Å². The fourth-order valence-electron chi connectivity index (χ4n) is 4.20. The first-order valence-corrected chi connectivity index (χ1v) is 13.4. The fraction of sp³-hybridized carbons (Fsp3) is 0.370. The van der Waals surface area contributed by atoms with Crippen molar-refractivity contribution in [3.8, 4) is 0 Å². The third-order valence-corrected chi connectivity index (χ3v) is 7.08. The first kappa shape index (κ1) is 30.5. The summed E-state index contributed by atoms with van der Waals surface area (Å²) in [5, 5.41) is 35.9. The molecule has 0 aliphatic rings. The van der Waals surface area contributed by atoms with Crippen LogP contribution in [0, 0.1) is 13.8 Å².